The Kier molecular flexibility index (Phi) is 4.23. The summed E-state index contributed by atoms with van der Waals surface area (Å²) >= 11 is 0. The highest BCUT2D eigenvalue weighted by molar-refractivity contribution is 7.90. The summed E-state index contributed by atoms with van der Waals surface area (Å²) in [6.07, 6.45) is 1.08. The van der Waals surface area contributed by atoms with Gasteiger partial charge < -0.3 is 5.32 Å². The van der Waals surface area contributed by atoms with Crippen molar-refractivity contribution in [3.8, 4) is 0 Å². The number of sulfone groups is 1. The highest BCUT2D eigenvalue weighted by Crippen LogP contribution is 2.28. The van der Waals surface area contributed by atoms with E-state index in [9.17, 15) is 18.5 Å². The maximum atomic E-state index is 10.9. The van der Waals surface area contributed by atoms with Gasteiger partial charge in [-0.1, -0.05) is 0 Å². The lowest BCUT2D eigenvalue weighted by Gasteiger charge is -2.06. The van der Waals surface area contributed by atoms with Gasteiger partial charge in [-0.25, -0.2) is 13.3 Å². The average molecular weight is 269 g/mol. The number of benzene rings is 1. The van der Waals surface area contributed by atoms with E-state index in [4.69, 9.17) is 6.57 Å². The molecule has 0 aliphatic heterocycles. The predicted molar refractivity (Wildman–Crippen MR) is 67.6 cm³/mol. The highest BCUT2D eigenvalue weighted by atomic mass is 32.2. The molecule has 18 heavy (non-hydrogen) atoms. The lowest BCUT2D eigenvalue weighted by molar-refractivity contribution is -0.383. The van der Waals surface area contributed by atoms with Crippen LogP contribution in [0.1, 0.15) is 0 Å². The summed E-state index contributed by atoms with van der Waals surface area (Å²) < 4.78 is 21.9. The first kappa shape index (κ1) is 13.9. The molecule has 1 N–H and O–H groups in total. The number of nitro groups is 1. The van der Waals surface area contributed by atoms with Crippen LogP contribution in [0.3, 0.4) is 0 Å². The maximum Gasteiger partial charge on any atom is 0.289 e. The van der Waals surface area contributed by atoms with Crippen molar-refractivity contribution < 1.29 is 13.3 Å². The molecule has 0 heterocycles. The predicted octanol–water partition coefficient (Wildman–Crippen LogP) is 1.60. The fourth-order valence-electron chi connectivity index (χ4n) is 1.27. The largest absolute Gasteiger partial charge is 0.380 e. The number of hydrogen-bond acceptors (Lipinski definition) is 5. The van der Waals surface area contributed by atoms with Crippen LogP contribution >= 0.6 is 0 Å². The molecule has 1 aromatic rings. The zero-order valence-electron chi connectivity index (χ0n) is 9.58. The molecule has 1 rings (SSSR count). The zero-order valence-corrected chi connectivity index (χ0v) is 10.4. The van der Waals surface area contributed by atoms with Crippen molar-refractivity contribution >= 4 is 26.9 Å². The molecule has 0 unspecified atom stereocenters. The molecule has 1 aromatic carbocycles. The molecular formula is C10H11N3O4S. The van der Waals surface area contributed by atoms with E-state index in [2.05, 4.69) is 10.2 Å². The molecule has 0 atom stereocenters. The molecule has 0 bridgehead atoms. The third kappa shape index (κ3) is 4.03. The molecule has 8 heteroatoms. The van der Waals surface area contributed by atoms with Crippen molar-refractivity contribution in [1.29, 1.82) is 0 Å². The number of nitrogens with zero attached hydrogens (tertiary/aromatic N) is 2. The Morgan fingerprint density at radius 2 is 2.17 bits per heavy atom. The number of rotatable bonds is 5. The number of nitrogens with one attached hydrogen (secondary N) is 1. The third-order valence-corrected chi connectivity index (χ3v) is 3.04. The molecule has 7 nitrogen and oxygen atoms in total. The summed E-state index contributed by atoms with van der Waals surface area (Å²) in [6.45, 7) is 6.88. The van der Waals surface area contributed by atoms with Gasteiger partial charge in [0.1, 0.15) is 15.5 Å². The van der Waals surface area contributed by atoms with E-state index in [-0.39, 0.29) is 29.4 Å². The fraction of sp³-hybridized carbons (Fsp3) is 0.300. The quantitative estimate of drug-likeness (QED) is 0.498. The minimum Gasteiger partial charge on any atom is -0.380 e. The Morgan fingerprint density at radius 1 is 1.50 bits per heavy atom. The molecule has 0 amide bonds. The SMILES string of the molecule is [C-]#[N+]c1ccc([N+](=O)[O-])c(NCCS(C)(=O)=O)c1. The Balaban J connectivity index is 2.92. The summed E-state index contributed by atoms with van der Waals surface area (Å²) in [5.74, 6) is -0.133. The van der Waals surface area contributed by atoms with Crippen molar-refractivity contribution in [3.63, 3.8) is 0 Å². The molecule has 0 aliphatic rings. The monoisotopic (exact) mass is 269 g/mol. The van der Waals surface area contributed by atoms with Crippen molar-refractivity contribution in [2.24, 2.45) is 0 Å². The lowest BCUT2D eigenvalue weighted by Crippen LogP contribution is -2.14. The van der Waals surface area contributed by atoms with Crippen LogP contribution in [0.25, 0.3) is 4.85 Å². The Bertz CT molecular complexity index is 604. The van der Waals surface area contributed by atoms with Crippen LogP contribution in [-0.2, 0) is 9.84 Å². The molecule has 0 radical (unpaired) electrons. The van der Waals surface area contributed by atoms with Crippen molar-refractivity contribution in [3.05, 3.63) is 39.7 Å². The highest BCUT2D eigenvalue weighted by Gasteiger charge is 2.14. The topological polar surface area (TPSA) is 93.7 Å². The lowest BCUT2D eigenvalue weighted by atomic mass is 10.2. The van der Waals surface area contributed by atoms with Crippen LogP contribution in [-0.4, -0.2) is 31.9 Å². The molecule has 0 aliphatic carbocycles. The van der Waals surface area contributed by atoms with E-state index in [1.165, 1.54) is 18.2 Å². The summed E-state index contributed by atoms with van der Waals surface area (Å²) in [5.41, 5.74) is 0.218. The molecule has 0 spiro atoms. The van der Waals surface area contributed by atoms with E-state index < -0.39 is 14.8 Å². The van der Waals surface area contributed by atoms with E-state index in [1.807, 2.05) is 0 Å². The van der Waals surface area contributed by atoms with Crippen LogP contribution in [0.5, 0.6) is 0 Å². The second-order valence-electron chi connectivity index (χ2n) is 3.63. The number of anilines is 1. The second-order valence-corrected chi connectivity index (χ2v) is 5.89. The summed E-state index contributed by atoms with van der Waals surface area (Å²) in [6, 6.07) is 3.89. The molecule has 0 saturated heterocycles. The minimum atomic E-state index is -3.14. The van der Waals surface area contributed by atoms with Crippen LogP contribution < -0.4 is 5.32 Å². The first-order chi connectivity index (χ1) is 8.33. The van der Waals surface area contributed by atoms with E-state index in [1.54, 1.807) is 0 Å². The van der Waals surface area contributed by atoms with Gasteiger partial charge in [0.25, 0.3) is 5.69 Å². The first-order valence-electron chi connectivity index (χ1n) is 4.91. The van der Waals surface area contributed by atoms with Crippen molar-refractivity contribution in [1.82, 2.24) is 0 Å². The van der Waals surface area contributed by atoms with Crippen molar-refractivity contribution in [2.75, 3.05) is 23.9 Å². The Labute approximate surface area is 104 Å². The molecule has 0 aromatic heterocycles. The van der Waals surface area contributed by atoms with E-state index >= 15 is 0 Å². The van der Waals surface area contributed by atoms with Gasteiger partial charge in [0, 0.05) is 18.9 Å². The zero-order chi connectivity index (χ0) is 13.8. The van der Waals surface area contributed by atoms with Gasteiger partial charge in [-0.3, -0.25) is 10.1 Å². The van der Waals surface area contributed by atoms with E-state index in [0.717, 1.165) is 6.26 Å². The molecule has 0 fully saturated rings. The molecule has 96 valence electrons. The van der Waals surface area contributed by atoms with E-state index in [0.29, 0.717) is 0 Å². The van der Waals surface area contributed by atoms with Gasteiger partial charge in [-0.2, -0.15) is 0 Å². The Hall–Kier alpha value is -2.14. The standard InChI is InChI=1S/C10H11N3O4S/c1-11-8-3-4-10(13(14)15)9(7-8)12-5-6-18(2,16)17/h3-4,7,12H,5-6H2,2H3. The Morgan fingerprint density at radius 3 is 2.67 bits per heavy atom. The van der Waals surface area contributed by atoms with Crippen LogP contribution in [0.2, 0.25) is 0 Å². The van der Waals surface area contributed by atoms with Crippen LogP contribution in [0, 0.1) is 16.7 Å². The van der Waals surface area contributed by atoms with Gasteiger partial charge >= 0.3 is 0 Å². The fourth-order valence-corrected chi connectivity index (χ4v) is 1.74. The summed E-state index contributed by atoms with van der Waals surface area (Å²) in [5, 5.41) is 13.4. The van der Waals surface area contributed by atoms with Gasteiger partial charge in [-0.05, 0) is 12.1 Å². The number of hydrogen-bond donors (Lipinski definition) is 1. The first-order valence-corrected chi connectivity index (χ1v) is 6.97. The van der Waals surface area contributed by atoms with Crippen molar-refractivity contribution in [2.45, 2.75) is 0 Å². The molecular weight excluding hydrogens is 258 g/mol. The maximum absolute atomic E-state index is 10.9. The molecule has 0 saturated carbocycles. The normalized spacial score (nSPS) is 10.7. The van der Waals surface area contributed by atoms with Gasteiger partial charge in [-0.15, -0.1) is 0 Å². The summed E-state index contributed by atoms with van der Waals surface area (Å²) in [4.78, 5) is 13.3. The van der Waals surface area contributed by atoms with Gasteiger partial charge in [0.2, 0.25) is 0 Å². The third-order valence-electron chi connectivity index (χ3n) is 2.09. The average Bonchev–Trinajstić information content (AvgIpc) is 2.26. The van der Waals surface area contributed by atoms with Crippen LogP contribution in [0.15, 0.2) is 18.2 Å². The van der Waals surface area contributed by atoms with Gasteiger partial charge in [0.15, 0.2) is 5.69 Å². The minimum absolute atomic E-state index is 0.0567. The number of nitro benzene ring substituents is 1. The van der Waals surface area contributed by atoms with Gasteiger partial charge in [0.05, 0.1) is 17.2 Å². The smallest absolute Gasteiger partial charge is 0.289 e. The van der Waals surface area contributed by atoms with Crippen LogP contribution in [0.4, 0.5) is 17.1 Å². The summed E-state index contributed by atoms with van der Waals surface area (Å²) in [7, 11) is -3.14. The second kappa shape index (κ2) is 5.46.